The van der Waals surface area contributed by atoms with Gasteiger partial charge in [-0.1, -0.05) is 64.0 Å². The number of benzene rings is 1. The normalized spacial score (nSPS) is 13.2. The lowest BCUT2D eigenvalue weighted by atomic mass is 9.90. The van der Waals surface area contributed by atoms with Crippen LogP contribution in [0, 0.1) is 5.92 Å². The van der Waals surface area contributed by atoms with Gasteiger partial charge in [0, 0.05) is 5.92 Å². The lowest BCUT2D eigenvalue weighted by Crippen LogP contribution is -2.02. The van der Waals surface area contributed by atoms with Crippen molar-refractivity contribution in [3.05, 3.63) is 35.6 Å². The van der Waals surface area contributed by atoms with Crippen molar-refractivity contribution in [2.75, 3.05) is 5.73 Å². The van der Waals surface area contributed by atoms with Crippen molar-refractivity contribution in [2.24, 2.45) is 5.92 Å². The van der Waals surface area contributed by atoms with E-state index in [1.54, 1.807) is 0 Å². The molecule has 1 unspecified atom stereocenters. The van der Waals surface area contributed by atoms with Gasteiger partial charge in [0.25, 0.3) is 0 Å². The van der Waals surface area contributed by atoms with Gasteiger partial charge in [-0.3, -0.25) is 0 Å². The Morgan fingerprint density at radius 2 is 1.60 bits per heavy atom. The molecule has 1 heterocycles. The summed E-state index contributed by atoms with van der Waals surface area (Å²) in [5.74, 6) is 2.66. The first-order valence-electron chi connectivity index (χ1n) is 7.27. The van der Waals surface area contributed by atoms with E-state index in [9.17, 15) is 0 Å². The van der Waals surface area contributed by atoms with Crippen LogP contribution in [0.25, 0.3) is 11.1 Å². The number of nitrogens with two attached hydrogens (primary N) is 1. The summed E-state index contributed by atoms with van der Waals surface area (Å²) in [6.07, 6.45) is 0. The van der Waals surface area contributed by atoms with Crippen LogP contribution in [0.15, 0.2) is 28.8 Å². The van der Waals surface area contributed by atoms with Crippen molar-refractivity contribution in [2.45, 2.75) is 46.5 Å². The van der Waals surface area contributed by atoms with E-state index in [0.717, 1.165) is 16.9 Å². The van der Waals surface area contributed by atoms with Crippen LogP contribution in [0.4, 0.5) is 5.82 Å². The van der Waals surface area contributed by atoms with Gasteiger partial charge in [-0.05, 0) is 23.0 Å². The molecule has 1 aromatic heterocycles. The van der Waals surface area contributed by atoms with Crippen LogP contribution in [0.3, 0.4) is 0 Å². The lowest BCUT2D eigenvalue weighted by molar-refractivity contribution is 0.341. The van der Waals surface area contributed by atoms with Gasteiger partial charge in [0.05, 0.1) is 5.56 Å². The highest BCUT2D eigenvalue weighted by Gasteiger charge is 2.23. The Morgan fingerprint density at radius 3 is 2.10 bits per heavy atom. The average Bonchev–Trinajstić information content (AvgIpc) is 2.79. The molecule has 0 aliphatic rings. The molecule has 20 heavy (non-hydrogen) atoms. The SMILES string of the molecule is CC(C)c1ccc(-c2c(N)noc2C(C)C(C)C)cc1. The zero-order valence-corrected chi connectivity index (χ0v) is 13.0. The molecule has 108 valence electrons. The van der Waals surface area contributed by atoms with Crippen molar-refractivity contribution in [1.82, 2.24) is 5.16 Å². The summed E-state index contributed by atoms with van der Waals surface area (Å²) in [7, 11) is 0. The first-order valence-corrected chi connectivity index (χ1v) is 7.27. The zero-order valence-electron chi connectivity index (χ0n) is 13.0. The summed E-state index contributed by atoms with van der Waals surface area (Å²) in [6.45, 7) is 10.9. The molecule has 3 nitrogen and oxygen atoms in total. The third-order valence-electron chi connectivity index (χ3n) is 4.02. The molecule has 2 rings (SSSR count). The molecular weight excluding hydrogens is 248 g/mol. The van der Waals surface area contributed by atoms with E-state index in [1.165, 1.54) is 5.56 Å². The summed E-state index contributed by atoms with van der Waals surface area (Å²) >= 11 is 0. The van der Waals surface area contributed by atoms with Crippen molar-refractivity contribution in [3.63, 3.8) is 0 Å². The number of nitrogen functional groups attached to an aromatic ring is 1. The van der Waals surface area contributed by atoms with Crippen LogP contribution < -0.4 is 5.73 Å². The van der Waals surface area contributed by atoms with E-state index in [4.69, 9.17) is 10.3 Å². The van der Waals surface area contributed by atoms with Gasteiger partial charge in [-0.2, -0.15) is 0 Å². The Labute approximate surface area is 121 Å². The van der Waals surface area contributed by atoms with Gasteiger partial charge in [-0.25, -0.2) is 0 Å². The highest BCUT2D eigenvalue weighted by Crippen LogP contribution is 2.37. The number of nitrogens with zero attached hydrogens (tertiary/aromatic N) is 1. The number of hydrogen-bond acceptors (Lipinski definition) is 3. The van der Waals surface area contributed by atoms with E-state index >= 15 is 0 Å². The number of hydrogen-bond donors (Lipinski definition) is 1. The van der Waals surface area contributed by atoms with E-state index in [1.807, 2.05) is 0 Å². The average molecular weight is 272 g/mol. The minimum absolute atomic E-state index is 0.291. The Bertz CT molecular complexity index is 567. The van der Waals surface area contributed by atoms with Crippen LogP contribution in [0.2, 0.25) is 0 Å². The molecule has 1 aromatic carbocycles. The quantitative estimate of drug-likeness (QED) is 0.869. The first kappa shape index (κ1) is 14.6. The van der Waals surface area contributed by atoms with Crippen molar-refractivity contribution < 1.29 is 4.52 Å². The van der Waals surface area contributed by atoms with E-state index < -0.39 is 0 Å². The van der Waals surface area contributed by atoms with E-state index in [2.05, 4.69) is 64.0 Å². The zero-order chi connectivity index (χ0) is 14.9. The third kappa shape index (κ3) is 2.72. The van der Waals surface area contributed by atoms with Crippen LogP contribution in [0.5, 0.6) is 0 Å². The summed E-state index contributed by atoms with van der Waals surface area (Å²) in [5.41, 5.74) is 9.35. The minimum Gasteiger partial charge on any atom is -0.380 e. The van der Waals surface area contributed by atoms with Gasteiger partial charge >= 0.3 is 0 Å². The first-order chi connectivity index (χ1) is 9.41. The van der Waals surface area contributed by atoms with Gasteiger partial charge in [0.15, 0.2) is 5.82 Å². The molecule has 0 saturated carbocycles. The molecule has 0 fully saturated rings. The van der Waals surface area contributed by atoms with Gasteiger partial charge in [0.2, 0.25) is 0 Å². The predicted molar refractivity (Wildman–Crippen MR) is 83.7 cm³/mol. The van der Waals surface area contributed by atoms with Crippen molar-refractivity contribution in [1.29, 1.82) is 0 Å². The highest BCUT2D eigenvalue weighted by atomic mass is 16.5. The summed E-state index contributed by atoms with van der Waals surface area (Å²) < 4.78 is 5.48. The van der Waals surface area contributed by atoms with Gasteiger partial charge in [0.1, 0.15) is 5.76 Å². The maximum atomic E-state index is 6.00. The standard InChI is InChI=1S/C17H24N2O/c1-10(2)12(5)16-15(17(18)19-20-16)14-8-6-13(7-9-14)11(3)4/h6-12H,1-5H3,(H2,18,19). The van der Waals surface area contributed by atoms with Crippen LogP contribution in [-0.4, -0.2) is 5.16 Å². The summed E-state index contributed by atoms with van der Waals surface area (Å²) in [4.78, 5) is 0. The van der Waals surface area contributed by atoms with Crippen LogP contribution in [-0.2, 0) is 0 Å². The van der Waals surface area contributed by atoms with Gasteiger partial charge < -0.3 is 10.3 Å². The highest BCUT2D eigenvalue weighted by molar-refractivity contribution is 5.76. The Hall–Kier alpha value is -1.77. The second-order valence-corrected chi connectivity index (χ2v) is 6.12. The van der Waals surface area contributed by atoms with Gasteiger partial charge in [-0.15, -0.1) is 0 Å². The second kappa shape index (κ2) is 5.70. The van der Waals surface area contributed by atoms with Crippen LogP contribution >= 0.6 is 0 Å². The molecule has 2 aromatic rings. The molecule has 0 spiro atoms. The lowest BCUT2D eigenvalue weighted by Gasteiger charge is -2.14. The van der Waals surface area contributed by atoms with Crippen molar-refractivity contribution in [3.8, 4) is 11.1 Å². The number of rotatable bonds is 4. The Kier molecular flexibility index (Phi) is 4.17. The molecule has 0 amide bonds. The molecule has 0 aliphatic heterocycles. The maximum Gasteiger partial charge on any atom is 0.175 e. The Morgan fingerprint density at radius 1 is 1.00 bits per heavy atom. The minimum atomic E-state index is 0.291. The maximum absolute atomic E-state index is 6.00. The smallest absolute Gasteiger partial charge is 0.175 e. The molecule has 0 radical (unpaired) electrons. The summed E-state index contributed by atoms with van der Waals surface area (Å²) in [6, 6.07) is 8.51. The molecule has 3 heteroatoms. The molecule has 1 atom stereocenters. The monoisotopic (exact) mass is 272 g/mol. The third-order valence-corrected chi connectivity index (χ3v) is 4.02. The number of aromatic nitrogens is 1. The predicted octanol–water partition coefficient (Wildman–Crippen LogP) is 4.81. The fourth-order valence-electron chi connectivity index (χ4n) is 2.25. The van der Waals surface area contributed by atoms with Crippen LogP contribution in [0.1, 0.15) is 57.8 Å². The molecule has 2 N–H and O–H groups in total. The van der Waals surface area contributed by atoms with E-state index in [0.29, 0.717) is 23.6 Å². The molecule has 0 aliphatic carbocycles. The van der Waals surface area contributed by atoms with E-state index in [-0.39, 0.29) is 0 Å². The fourth-order valence-corrected chi connectivity index (χ4v) is 2.25. The molecule has 0 bridgehead atoms. The van der Waals surface area contributed by atoms with Crippen molar-refractivity contribution >= 4 is 5.82 Å². The summed E-state index contributed by atoms with van der Waals surface area (Å²) in [5, 5.41) is 3.96. The number of anilines is 1. The largest absolute Gasteiger partial charge is 0.380 e. The second-order valence-electron chi connectivity index (χ2n) is 6.12. The Balaban J connectivity index is 2.44. The molecular formula is C17H24N2O. The molecule has 0 saturated heterocycles. The topological polar surface area (TPSA) is 52.0 Å². The fraction of sp³-hybridized carbons (Fsp3) is 0.471.